The average molecular weight is 299 g/mol. The highest BCUT2D eigenvalue weighted by Gasteiger charge is 2.15. The Morgan fingerprint density at radius 1 is 1.15 bits per heavy atom. The maximum atomic E-state index is 12.0. The molecule has 0 saturated heterocycles. The zero-order chi connectivity index (χ0) is 15.0. The van der Waals surface area contributed by atoms with Gasteiger partial charge < -0.3 is 0 Å². The summed E-state index contributed by atoms with van der Waals surface area (Å²) in [7, 11) is 0. The van der Waals surface area contributed by atoms with E-state index in [0.717, 1.165) is 30.8 Å². The molecular weight excluding hydrogens is 272 g/mol. The summed E-state index contributed by atoms with van der Waals surface area (Å²) < 4.78 is 1.84. The lowest BCUT2D eigenvalue weighted by Gasteiger charge is -2.05. The van der Waals surface area contributed by atoms with Crippen LogP contribution in [0.1, 0.15) is 70.2 Å². The molecule has 4 heteroatoms. The number of carbonyl (C=O) groups excluding carboxylic acids is 1. The molecule has 3 nitrogen and oxygen atoms in total. The standard InChI is InChI=1S/C16H27ClN2O/c1-4-6-7-8-9-10-11-14(20)12-15-16(17)13(3)18-19(15)5-2/h4-12H2,1-3H3. The van der Waals surface area contributed by atoms with Crippen molar-refractivity contribution < 1.29 is 4.79 Å². The fourth-order valence-electron chi connectivity index (χ4n) is 2.42. The van der Waals surface area contributed by atoms with E-state index in [9.17, 15) is 4.79 Å². The lowest BCUT2D eigenvalue weighted by molar-refractivity contribution is -0.118. The molecule has 0 aliphatic heterocycles. The van der Waals surface area contributed by atoms with Gasteiger partial charge in [-0.3, -0.25) is 9.48 Å². The number of rotatable bonds is 10. The number of nitrogens with zero attached hydrogens (tertiary/aromatic N) is 2. The first kappa shape index (κ1) is 17.2. The zero-order valence-corrected chi connectivity index (χ0v) is 13.8. The molecule has 0 fully saturated rings. The smallest absolute Gasteiger partial charge is 0.138 e. The van der Waals surface area contributed by atoms with Crippen molar-refractivity contribution in [1.29, 1.82) is 0 Å². The number of hydrogen-bond acceptors (Lipinski definition) is 2. The molecule has 1 aromatic rings. The summed E-state index contributed by atoms with van der Waals surface area (Å²) in [6, 6.07) is 0. The van der Waals surface area contributed by atoms with Gasteiger partial charge in [0.1, 0.15) is 5.78 Å². The molecule has 0 radical (unpaired) electrons. The second kappa shape index (κ2) is 9.17. The first-order valence-corrected chi connectivity index (χ1v) is 8.21. The number of aryl methyl sites for hydroxylation is 2. The molecule has 0 bridgehead atoms. The summed E-state index contributed by atoms with van der Waals surface area (Å²) in [5.74, 6) is 0.275. The van der Waals surface area contributed by atoms with Crippen LogP contribution in [0.3, 0.4) is 0 Å². The van der Waals surface area contributed by atoms with Gasteiger partial charge in [0.05, 0.1) is 16.4 Å². The van der Waals surface area contributed by atoms with Crippen LogP contribution in [0, 0.1) is 6.92 Å². The summed E-state index contributed by atoms with van der Waals surface area (Å²) >= 11 is 6.22. The van der Waals surface area contributed by atoms with Crippen LogP contribution in [0.4, 0.5) is 0 Å². The normalized spacial score (nSPS) is 11.0. The SMILES string of the molecule is CCCCCCCCC(=O)Cc1c(Cl)c(C)nn1CC. The van der Waals surface area contributed by atoms with Crippen LogP contribution in [0.15, 0.2) is 0 Å². The minimum atomic E-state index is 0.275. The summed E-state index contributed by atoms with van der Waals surface area (Å²) in [6.45, 7) is 6.87. The Hall–Kier alpha value is -0.830. The molecule has 0 aromatic carbocycles. The highest BCUT2D eigenvalue weighted by molar-refractivity contribution is 6.32. The molecule has 1 heterocycles. The lowest BCUT2D eigenvalue weighted by Crippen LogP contribution is -2.09. The van der Waals surface area contributed by atoms with Gasteiger partial charge in [0.15, 0.2) is 0 Å². The van der Waals surface area contributed by atoms with Crippen molar-refractivity contribution in [1.82, 2.24) is 9.78 Å². The number of halogens is 1. The largest absolute Gasteiger partial charge is 0.299 e. The summed E-state index contributed by atoms with van der Waals surface area (Å²) in [4.78, 5) is 12.0. The number of aromatic nitrogens is 2. The summed E-state index contributed by atoms with van der Waals surface area (Å²) in [5.41, 5.74) is 1.69. The number of ketones is 1. The van der Waals surface area contributed by atoms with Crippen LogP contribution in [-0.2, 0) is 17.8 Å². The molecule has 0 aliphatic carbocycles. The second-order valence-corrected chi connectivity index (χ2v) is 5.77. The van der Waals surface area contributed by atoms with E-state index >= 15 is 0 Å². The average Bonchev–Trinajstić information content (AvgIpc) is 2.70. The Morgan fingerprint density at radius 3 is 2.45 bits per heavy atom. The van der Waals surface area contributed by atoms with Crippen LogP contribution < -0.4 is 0 Å². The number of hydrogen-bond donors (Lipinski definition) is 0. The highest BCUT2D eigenvalue weighted by Crippen LogP contribution is 2.21. The summed E-state index contributed by atoms with van der Waals surface area (Å²) in [6.07, 6.45) is 8.34. The van der Waals surface area contributed by atoms with Crippen molar-refractivity contribution in [3.05, 3.63) is 16.4 Å². The van der Waals surface area contributed by atoms with Gasteiger partial charge in [0, 0.05) is 19.4 Å². The van der Waals surface area contributed by atoms with Gasteiger partial charge in [-0.2, -0.15) is 5.10 Å². The Kier molecular flexibility index (Phi) is 7.90. The van der Waals surface area contributed by atoms with Crippen molar-refractivity contribution in [3.63, 3.8) is 0 Å². The van der Waals surface area contributed by atoms with Gasteiger partial charge in [-0.15, -0.1) is 0 Å². The third-order valence-corrected chi connectivity index (χ3v) is 4.12. The third-order valence-electron chi connectivity index (χ3n) is 3.63. The van der Waals surface area contributed by atoms with Crippen molar-refractivity contribution >= 4 is 17.4 Å². The van der Waals surface area contributed by atoms with Gasteiger partial charge in [-0.25, -0.2) is 0 Å². The van der Waals surface area contributed by atoms with E-state index in [4.69, 9.17) is 11.6 Å². The van der Waals surface area contributed by atoms with Crippen molar-refractivity contribution in [2.24, 2.45) is 0 Å². The van der Waals surface area contributed by atoms with E-state index < -0.39 is 0 Å². The fourth-order valence-corrected chi connectivity index (χ4v) is 2.62. The third kappa shape index (κ3) is 5.28. The van der Waals surface area contributed by atoms with Crippen LogP contribution in [0.5, 0.6) is 0 Å². The van der Waals surface area contributed by atoms with Crippen molar-refractivity contribution in [2.75, 3.05) is 0 Å². The van der Waals surface area contributed by atoms with E-state index in [2.05, 4.69) is 12.0 Å². The quantitative estimate of drug-likeness (QED) is 0.585. The Labute approximate surface area is 127 Å². The predicted molar refractivity (Wildman–Crippen MR) is 84.4 cm³/mol. The lowest BCUT2D eigenvalue weighted by atomic mass is 10.1. The van der Waals surface area contributed by atoms with Crippen molar-refractivity contribution in [3.8, 4) is 0 Å². The Bertz CT molecular complexity index is 426. The molecule has 0 unspecified atom stereocenters. The maximum absolute atomic E-state index is 12.0. The molecule has 0 aliphatic rings. The van der Waals surface area contributed by atoms with Crippen LogP contribution in [0.2, 0.25) is 5.02 Å². The van der Waals surface area contributed by atoms with Gasteiger partial charge in [-0.1, -0.05) is 50.6 Å². The Morgan fingerprint density at radius 2 is 1.80 bits per heavy atom. The van der Waals surface area contributed by atoms with E-state index in [1.807, 2.05) is 18.5 Å². The van der Waals surface area contributed by atoms with E-state index in [0.29, 0.717) is 17.9 Å². The first-order chi connectivity index (χ1) is 9.60. The maximum Gasteiger partial charge on any atom is 0.138 e. The fraction of sp³-hybridized carbons (Fsp3) is 0.750. The summed E-state index contributed by atoms with van der Waals surface area (Å²) in [5, 5.41) is 5.00. The second-order valence-electron chi connectivity index (χ2n) is 5.40. The molecular formula is C16H27ClN2O. The van der Waals surface area contributed by atoms with Crippen LogP contribution in [-0.4, -0.2) is 15.6 Å². The molecule has 1 rings (SSSR count). The molecule has 0 spiro atoms. The van der Waals surface area contributed by atoms with Gasteiger partial charge in [0.25, 0.3) is 0 Å². The van der Waals surface area contributed by atoms with Gasteiger partial charge in [0.2, 0.25) is 0 Å². The van der Waals surface area contributed by atoms with Crippen molar-refractivity contribution in [2.45, 2.75) is 78.7 Å². The minimum Gasteiger partial charge on any atom is -0.299 e. The number of carbonyl (C=O) groups is 1. The van der Waals surface area contributed by atoms with Crippen LogP contribution >= 0.6 is 11.6 Å². The molecule has 20 heavy (non-hydrogen) atoms. The van der Waals surface area contributed by atoms with Gasteiger partial charge >= 0.3 is 0 Å². The zero-order valence-electron chi connectivity index (χ0n) is 13.0. The van der Waals surface area contributed by atoms with Crippen LogP contribution in [0.25, 0.3) is 0 Å². The number of unbranched alkanes of at least 4 members (excludes halogenated alkanes) is 5. The topological polar surface area (TPSA) is 34.9 Å². The molecule has 0 saturated carbocycles. The molecule has 1 aromatic heterocycles. The van der Waals surface area contributed by atoms with E-state index in [1.165, 1.54) is 25.7 Å². The highest BCUT2D eigenvalue weighted by atomic mass is 35.5. The van der Waals surface area contributed by atoms with E-state index in [1.54, 1.807) is 0 Å². The molecule has 114 valence electrons. The monoisotopic (exact) mass is 298 g/mol. The molecule has 0 amide bonds. The molecule has 0 N–H and O–H groups in total. The van der Waals surface area contributed by atoms with E-state index in [-0.39, 0.29) is 5.78 Å². The molecule has 0 atom stereocenters. The Balaban J connectivity index is 2.35. The first-order valence-electron chi connectivity index (χ1n) is 7.83. The predicted octanol–water partition coefficient (Wildman–Crippen LogP) is 4.73. The number of Topliss-reactive ketones (excluding diaryl/α,β-unsaturated/α-hetero) is 1. The minimum absolute atomic E-state index is 0.275. The van der Waals surface area contributed by atoms with Gasteiger partial charge in [-0.05, 0) is 20.3 Å².